The van der Waals surface area contributed by atoms with E-state index in [1.807, 2.05) is 30.3 Å². The van der Waals surface area contributed by atoms with Crippen LogP contribution in [-0.2, 0) is 21.2 Å². The lowest BCUT2D eigenvalue weighted by Crippen LogP contribution is -2.33. The molecule has 0 bridgehead atoms. The molecule has 1 aliphatic heterocycles. The van der Waals surface area contributed by atoms with Crippen molar-refractivity contribution >= 4 is 9.84 Å². The Hall–Kier alpha value is -1.43. The van der Waals surface area contributed by atoms with E-state index in [9.17, 15) is 13.5 Å². The van der Waals surface area contributed by atoms with Crippen LogP contribution in [0.5, 0.6) is 0 Å². The summed E-state index contributed by atoms with van der Waals surface area (Å²) in [6.07, 6.45) is 2.40. The van der Waals surface area contributed by atoms with Crippen molar-refractivity contribution in [3.8, 4) is 0 Å². The van der Waals surface area contributed by atoms with Crippen LogP contribution in [0.15, 0.2) is 53.6 Å². The molecule has 0 amide bonds. The zero-order valence-corrected chi connectivity index (χ0v) is 13.7. The third-order valence-electron chi connectivity index (χ3n) is 3.86. The maximum Gasteiger partial charge on any atom is 0.163 e. The Balaban J connectivity index is 1.90. The standard InChI is InChI=1S/C17H22O4S/c1-13(8-10-21-12-15-6-4-3-5-7-15)16(18)17-14(2)9-11-22(17,19)20/h3-9,16-18H,10-12H2,1-2H3/b13-8-. The summed E-state index contributed by atoms with van der Waals surface area (Å²) in [6.45, 7) is 4.31. The van der Waals surface area contributed by atoms with Gasteiger partial charge in [0.15, 0.2) is 9.84 Å². The maximum atomic E-state index is 12.0. The summed E-state index contributed by atoms with van der Waals surface area (Å²) in [4.78, 5) is 0. The first-order chi connectivity index (χ1) is 10.4. The Kier molecular flexibility index (Phi) is 5.56. The number of aliphatic hydroxyl groups is 1. The Morgan fingerprint density at radius 1 is 1.41 bits per heavy atom. The molecule has 0 aliphatic carbocycles. The van der Waals surface area contributed by atoms with Crippen LogP contribution in [-0.4, -0.2) is 37.2 Å². The highest BCUT2D eigenvalue weighted by molar-refractivity contribution is 7.92. The van der Waals surface area contributed by atoms with Crippen molar-refractivity contribution in [2.75, 3.05) is 12.4 Å². The monoisotopic (exact) mass is 322 g/mol. The molecule has 22 heavy (non-hydrogen) atoms. The fourth-order valence-electron chi connectivity index (χ4n) is 2.50. The molecule has 0 aromatic heterocycles. The molecule has 1 aliphatic rings. The van der Waals surface area contributed by atoms with E-state index >= 15 is 0 Å². The highest BCUT2D eigenvalue weighted by Crippen LogP contribution is 2.26. The van der Waals surface area contributed by atoms with Crippen molar-refractivity contribution in [3.05, 3.63) is 59.2 Å². The molecule has 120 valence electrons. The average Bonchev–Trinajstić information content (AvgIpc) is 2.77. The highest BCUT2D eigenvalue weighted by Gasteiger charge is 2.37. The van der Waals surface area contributed by atoms with Crippen LogP contribution >= 0.6 is 0 Å². The van der Waals surface area contributed by atoms with E-state index in [1.54, 1.807) is 26.0 Å². The van der Waals surface area contributed by atoms with Gasteiger partial charge < -0.3 is 9.84 Å². The zero-order chi connectivity index (χ0) is 16.2. The van der Waals surface area contributed by atoms with Gasteiger partial charge in [0.05, 0.1) is 25.1 Å². The summed E-state index contributed by atoms with van der Waals surface area (Å²) in [7, 11) is -3.28. The van der Waals surface area contributed by atoms with Crippen molar-refractivity contribution in [1.29, 1.82) is 0 Å². The van der Waals surface area contributed by atoms with Crippen LogP contribution < -0.4 is 0 Å². The fourth-order valence-corrected chi connectivity index (χ4v) is 4.47. The average molecular weight is 322 g/mol. The number of sulfone groups is 1. The van der Waals surface area contributed by atoms with E-state index in [2.05, 4.69) is 0 Å². The molecule has 0 radical (unpaired) electrons. The maximum absolute atomic E-state index is 12.0. The van der Waals surface area contributed by atoms with E-state index in [0.29, 0.717) is 24.4 Å². The number of benzene rings is 1. The quantitative estimate of drug-likeness (QED) is 0.644. The lowest BCUT2D eigenvalue weighted by atomic mass is 10.0. The summed E-state index contributed by atoms with van der Waals surface area (Å²) in [6, 6.07) is 9.80. The molecule has 1 heterocycles. The van der Waals surface area contributed by atoms with Gasteiger partial charge in [0, 0.05) is 0 Å². The molecule has 0 fully saturated rings. The smallest absolute Gasteiger partial charge is 0.163 e. The molecule has 5 heteroatoms. The molecule has 4 nitrogen and oxygen atoms in total. The summed E-state index contributed by atoms with van der Waals surface area (Å²) in [5.41, 5.74) is 2.41. The normalized spacial score (nSPS) is 22.4. The van der Waals surface area contributed by atoms with E-state index in [1.165, 1.54) is 0 Å². The third kappa shape index (κ3) is 4.06. The molecule has 0 spiro atoms. The molecular formula is C17H22O4S. The van der Waals surface area contributed by atoms with Gasteiger partial charge in [-0.05, 0) is 25.0 Å². The first kappa shape index (κ1) is 16.9. The van der Waals surface area contributed by atoms with Gasteiger partial charge in [-0.3, -0.25) is 0 Å². The van der Waals surface area contributed by atoms with Crippen molar-refractivity contribution in [2.45, 2.75) is 31.8 Å². The number of rotatable bonds is 6. The molecular weight excluding hydrogens is 300 g/mol. The van der Waals surface area contributed by atoms with Crippen LogP contribution in [0.3, 0.4) is 0 Å². The lowest BCUT2D eigenvalue weighted by Gasteiger charge is -2.20. The second kappa shape index (κ2) is 7.22. The fraction of sp³-hybridized carbons (Fsp3) is 0.412. The van der Waals surface area contributed by atoms with Gasteiger partial charge in [0.2, 0.25) is 0 Å². The van der Waals surface area contributed by atoms with Crippen LogP contribution in [0.1, 0.15) is 19.4 Å². The summed E-state index contributed by atoms with van der Waals surface area (Å²) in [5, 5.41) is 9.47. The molecule has 2 unspecified atom stereocenters. The first-order valence-electron chi connectivity index (χ1n) is 7.26. The van der Waals surface area contributed by atoms with Crippen molar-refractivity contribution in [3.63, 3.8) is 0 Å². The molecule has 2 rings (SSSR count). The third-order valence-corrected chi connectivity index (χ3v) is 5.90. The minimum Gasteiger partial charge on any atom is -0.387 e. The Morgan fingerprint density at radius 3 is 2.68 bits per heavy atom. The number of hydrogen-bond donors (Lipinski definition) is 1. The Labute approximate surface area is 132 Å². The number of aliphatic hydroxyl groups excluding tert-OH is 1. The molecule has 1 N–H and O–H groups in total. The van der Waals surface area contributed by atoms with E-state index in [-0.39, 0.29) is 5.75 Å². The molecule has 0 saturated heterocycles. The van der Waals surface area contributed by atoms with E-state index < -0.39 is 21.2 Å². The molecule has 1 aromatic carbocycles. The minimum atomic E-state index is -3.28. The molecule has 1 aromatic rings. The second-order valence-electron chi connectivity index (χ2n) is 5.59. The van der Waals surface area contributed by atoms with Gasteiger partial charge in [-0.1, -0.05) is 48.1 Å². The van der Waals surface area contributed by atoms with Gasteiger partial charge in [0.25, 0.3) is 0 Å². The topological polar surface area (TPSA) is 63.6 Å². The SMILES string of the molecule is CC1=CCS(=O)(=O)C1C(O)/C(C)=C\COCc1ccccc1. The predicted octanol–water partition coefficient (Wildman–Crippen LogP) is 2.25. The Morgan fingerprint density at radius 2 is 2.09 bits per heavy atom. The molecule has 0 saturated carbocycles. The van der Waals surface area contributed by atoms with E-state index in [4.69, 9.17) is 4.74 Å². The van der Waals surface area contributed by atoms with Crippen molar-refractivity contribution < 1.29 is 18.3 Å². The van der Waals surface area contributed by atoms with Gasteiger partial charge in [-0.15, -0.1) is 0 Å². The summed E-state index contributed by atoms with van der Waals surface area (Å²) in [5.74, 6) is 0.0122. The van der Waals surface area contributed by atoms with E-state index in [0.717, 1.165) is 5.56 Å². The molecule has 2 atom stereocenters. The number of ether oxygens (including phenoxy) is 1. The highest BCUT2D eigenvalue weighted by atomic mass is 32.2. The largest absolute Gasteiger partial charge is 0.387 e. The lowest BCUT2D eigenvalue weighted by molar-refractivity contribution is 0.146. The van der Waals surface area contributed by atoms with Gasteiger partial charge >= 0.3 is 0 Å². The minimum absolute atomic E-state index is 0.0122. The second-order valence-corrected chi connectivity index (χ2v) is 7.76. The summed E-state index contributed by atoms with van der Waals surface area (Å²) < 4.78 is 29.5. The van der Waals surface area contributed by atoms with Crippen molar-refractivity contribution in [1.82, 2.24) is 0 Å². The van der Waals surface area contributed by atoms with Crippen LogP contribution in [0.25, 0.3) is 0 Å². The van der Waals surface area contributed by atoms with Crippen LogP contribution in [0.4, 0.5) is 0 Å². The van der Waals surface area contributed by atoms with Gasteiger partial charge in [-0.25, -0.2) is 8.42 Å². The Bertz CT molecular complexity index is 659. The van der Waals surface area contributed by atoms with Gasteiger partial charge in [-0.2, -0.15) is 0 Å². The van der Waals surface area contributed by atoms with Gasteiger partial charge in [0.1, 0.15) is 5.25 Å². The first-order valence-corrected chi connectivity index (χ1v) is 8.98. The summed E-state index contributed by atoms with van der Waals surface area (Å²) >= 11 is 0. The zero-order valence-electron chi connectivity index (χ0n) is 12.9. The van der Waals surface area contributed by atoms with Crippen molar-refractivity contribution in [2.24, 2.45) is 0 Å². The van der Waals surface area contributed by atoms with Crippen LogP contribution in [0, 0.1) is 0 Å². The predicted molar refractivity (Wildman–Crippen MR) is 87.2 cm³/mol. The van der Waals surface area contributed by atoms with Crippen LogP contribution in [0.2, 0.25) is 0 Å². The number of hydrogen-bond acceptors (Lipinski definition) is 4.